The van der Waals surface area contributed by atoms with Gasteiger partial charge in [-0.2, -0.15) is 0 Å². The van der Waals surface area contributed by atoms with Crippen molar-refractivity contribution >= 4 is 5.96 Å². The van der Waals surface area contributed by atoms with Crippen LogP contribution in [0.5, 0.6) is 0 Å². The molecule has 1 aliphatic heterocycles. The smallest absolute Gasteiger partial charge is 0.194 e. The van der Waals surface area contributed by atoms with Crippen LogP contribution in [-0.4, -0.2) is 50.3 Å². The maximum Gasteiger partial charge on any atom is 0.194 e. The summed E-state index contributed by atoms with van der Waals surface area (Å²) in [5.74, 6) is 1.76. The Morgan fingerprint density at radius 1 is 1.50 bits per heavy atom. The predicted molar refractivity (Wildman–Crippen MR) is 74.9 cm³/mol. The molecule has 0 bridgehead atoms. The lowest BCUT2D eigenvalue weighted by atomic mass is 10.1. The maximum atomic E-state index is 5.25. The average molecular weight is 253 g/mol. The van der Waals surface area contributed by atoms with Gasteiger partial charge in [-0.1, -0.05) is 13.8 Å². The van der Waals surface area contributed by atoms with Gasteiger partial charge in [0.05, 0.1) is 6.61 Å². The molecule has 0 radical (unpaired) electrons. The van der Waals surface area contributed by atoms with Crippen LogP contribution in [0.3, 0.4) is 0 Å². The molecule has 1 aliphatic carbocycles. The molecule has 18 heavy (non-hydrogen) atoms. The average Bonchev–Trinajstić information content (AvgIpc) is 2.75. The van der Waals surface area contributed by atoms with E-state index in [0.29, 0.717) is 17.4 Å². The standard InChI is InChI=1S/C14H27N3O/c1-5-15-13(16-12-8-14(12,2)3)17-7-6-11(9-17)10-18-4/h11-12H,5-10H2,1-4H3,(H,15,16). The van der Waals surface area contributed by atoms with Crippen molar-refractivity contribution < 1.29 is 4.74 Å². The lowest BCUT2D eigenvalue weighted by Crippen LogP contribution is -2.42. The minimum atomic E-state index is 0.445. The number of ether oxygens (including phenoxy) is 1. The van der Waals surface area contributed by atoms with Crippen LogP contribution >= 0.6 is 0 Å². The highest BCUT2D eigenvalue weighted by Crippen LogP contribution is 2.44. The summed E-state index contributed by atoms with van der Waals surface area (Å²) < 4.78 is 5.25. The van der Waals surface area contributed by atoms with Crippen molar-refractivity contribution in [2.45, 2.75) is 39.7 Å². The van der Waals surface area contributed by atoms with Crippen molar-refractivity contribution in [2.75, 3.05) is 33.4 Å². The van der Waals surface area contributed by atoms with E-state index in [1.165, 1.54) is 12.8 Å². The topological polar surface area (TPSA) is 36.9 Å². The summed E-state index contributed by atoms with van der Waals surface area (Å²) in [6.07, 6.45) is 2.47. The molecule has 0 amide bonds. The van der Waals surface area contributed by atoms with E-state index >= 15 is 0 Å². The Balaban J connectivity index is 1.89. The fraction of sp³-hybridized carbons (Fsp3) is 0.929. The van der Waals surface area contributed by atoms with E-state index in [4.69, 9.17) is 4.74 Å². The molecule has 1 saturated carbocycles. The number of likely N-dealkylation sites (tertiary alicyclic amines) is 1. The van der Waals surface area contributed by atoms with Crippen LogP contribution in [0.25, 0.3) is 0 Å². The second kappa shape index (κ2) is 5.47. The molecule has 2 rings (SSSR count). The molecule has 2 atom stereocenters. The third-order valence-corrected chi connectivity index (χ3v) is 4.11. The molecule has 0 aromatic rings. The summed E-state index contributed by atoms with van der Waals surface area (Å²) >= 11 is 0. The molecule has 4 nitrogen and oxygen atoms in total. The fourth-order valence-electron chi connectivity index (χ4n) is 2.65. The third kappa shape index (κ3) is 3.16. The van der Waals surface area contributed by atoms with E-state index < -0.39 is 0 Å². The first-order chi connectivity index (χ1) is 8.56. The fourth-order valence-corrected chi connectivity index (χ4v) is 2.65. The molecule has 1 heterocycles. The molecule has 1 saturated heterocycles. The largest absolute Gasteiger partial charge is 0.384 e. The van der Waals surface area contributed by atoms with Gasteiger partial charge in [-0.3, -0.25) is 4.99 Å². The lowest BCUT2D eigenvalue weighted by molar-refractivity contribution is 0.157. The third-order valence-electron chi connectivity index (χ3n) is 4.11. The zero-order valence-electron chi connectivity index (χ0n) is 12.2. The molecule has 104 valence electrons. The highest BCUT2D eigenvalue weighted by Gasteiger charge is 2.46. The Kier molecular flexibility index (Phi) is 4.15. The second-order valence-electron chi connectivity index (χ2n) is 6.24. The summed E-state index contributed by atoms with van der Waals surface area (Å²) in [4.78, 5) is 7.03. The number of guanidine groups is 1. The molecule has 2 fully saturated rings. The summed E-state index contributed by atoms with van der Waals surface area (Å²) in [7, 11) is 1.79. The van der Waals surface area contributed by atoms with Gasteiger partial charge in [0.2, 0.25) is 0 Å². The minimum Gasteiger partial charge on any atom is -0.384 e. The zero-order chi connectivity index (χ0) is 13.2. The number of nitrogens with one attached hydrogen (secondary N) is 1. The molecule has 0 spiro atoms. The van der Waals surface area contributed by atoms with Crippen LogP contribution in [0.1, 0.15) is 33.6 Å². The Morgan fingerprint density at radius 2 is 2.22 bits per heavy atom. The maximum absolute atomic E-state index is 5.25. The second-order valence-corrected chi connectivity index (χ2v) is 6.24. The molecular weight excluding hydrogens is 226 g/mol. The normalized spacial score (nSPS) is 30.7. The van der Waals surface area contributed by atoms with Gasteiger partial charge < -0.3 is 15.0 Å². The Bertz CT molecular complexity index is 314. The van der Waals surface area contributed by atoms with Crippen LogP contribution in [0.15, 0.2) is 4.99 Å². The Hall–Kier alpha value is -0.770. The number of hydrogen-bond donors (Lipinski definition) is 1. The van der Waals surface area contributed by atoms with E-state index in [1.54, 1.807) is 7.11 Å². The van der Waals surface area contributed by atoms with Crippen molar-refractivity contribution in [2.24, 2.45) is 16.3 Å². The quantitative estimate of drug-likeness (QED) is 0.612. The van der Waals surface area contributed by atoms with Gasteiger partial charge in [0, 0.05) is 38.7 Å². The van der Waals surface area contributed by atoms with Crippen LogP contribution in [0, 0.1) is 11.3 Å². The van der Waals surface area contributed by atoms with Gasteiger partial charge in [0.15, 0.2) is 5.96 Å². The van der Waals surface area contributed by atoms with Gasteiger partial charge in [-0.15, -0.1) is 0 Å². The number of methoxy groups -OCH3 is 1. The van der Waals surface area contributed by atoms with Crippen LogP contribution in [-0.2, 0) is 4.74 Å². The highest BCUT2D eigenvalue weighted by atomic mass is 16.5. The van der Waals surface area contributed by atoms with Gasteiger partial charge in [0.25, 0.3) is 0 Å². The minimum absolute atomic E-state index is 0.445. The molecule has 2 aliphatic rings. The number of hydrogen-bond acceptors (Lipinski definition) is 2. The predicted octanol–water partition coefficient (Wildman–Crippen LogP) is 1.72. The monoisotopic (exact) mass is 253 g/mol. The number of rotatable bonds is 4. The first-order valence-electron chi connectivity index (χ1n) is 7.11. The molecule has 0 aromatic heterocycles. The van der Waals surface area contributed by atoms with Crippen molar-refractivity contribution in [3.63, 3.8) is 0 Å². The molecule has 1 N–H and O–H groups in total. The number of nitrogens with zero attached hydrogens (tertiary/aromatic N) is 2. The van der Waals surface area contributed by atoms with Crippen molar-refractivity contribution in [3.05, 3.63) is 0 Å². The van der Waals surface area contributed by atoms with Crippen LogP contribution < -0.4 is 5.32 Å². The van der Waals surface area contributed by atoms with Crippen LogP contribution in [0.2, 0.25) is 0 Å². The molecular formula is C14H27N3O. The Labute approximate surface area is 111 Å². The Morgan fingerprint density at radius 3 is 2.78 bits per heavy atom. The first-order valence-corrected chi connectivity index (χ1v) is 7.11. The highest BCUT2D eigenvalue weighted by molar-refractivity contribution is 5.81. The summed E-state index contributed by atoms with van der Waals surface area (Å²) in [5.41, 5.74) is 0.445. The van der Waals surface area contributed by atoms with Gasteiger partial charge in [-0.25, -0.2) is 0 Å². The van der Waals surface area contributed by atoms with Crippen LogP contribution in [0.4, 0.5) is 0 Å². The lowest BCUT2D eigenvalue weighted by Gasteiger charge is -2.22. The van der Waals surface area contributed by atoms with E-state index in [0.717, 1.165) is 32.2 Å². The zero-order valence-corrected chi connectivity index (χ0v) is 12.2. The van der Waals surface area contributed by atoms with Crippen molar-refractivity contribution in [3.8, 4) is 0 Å². The van der Waals surface area contributed by atoms with Gasteiger partial charge in [-0.05, 0) is 25.2 Å². The molecule has 0 aromatic carbocycles. The van der Waals surface area contributed by atoms with E-state index in [1.807, 2.05) is 0 Å². The molecule has 2 unspecified atom stereocenters. The van der Waals surface area contributed by atoms with Crippen molar-refractivity contribution in [1.82, 2.24) is 10.2 Å². The van der Waals surface area contributed by atoms with Crippen molar-refractivity contribution in [1.29, 1.82) is 0 Å². The first kappa shape index (κ1) is 13.7. The summed E-state index contributed by atoms with van der Waals surface area (Å²) in [6.45, 7) is 10.6. The van der Waals surface area contributed by atoms with Gasteiger partial charge >= 0.3 is 0 Å². The summed E-state index contributed by atoms with van der Waals surface area (Å²) in [5, 5.41) is 3.62. The van der Waals surface area contributed by atoms with Gasteiger partial charge in [0.1, 0.15) is 0 Å². The summed E-state index contributed by atoms with van der Waals surface area (Å²) in [6, 6.07) is 0.601. The number of aliphatic imine (C=N–C) groups is 1. The van der Waals surface area contributed by atoms with E-state index in [9.17, 15) is 0 Å². The van der Waals surface area contributed by atoms with E-state index in [2.05, 4.69) is 36.0 Å². The SMILES string of the molecule is CCN=C(NC1CC1(C)C)N1CCC(COC)C1. The van der Waals surface area contributed by atoms with E-state index in [-0.39, 0.29) is 0 Å². The molecule has 4 heteroatoms.